The topological polar surface area (TPSA) is 162 Å². The van der Waals surface area contributed by atoms with Gasteiger partial charge in [0.2, 0.25) is 17.7 Å². The second kappa shape index (κ2) is 15.4. The van der Waals surface area contributed by atoms with Gasteiger partial charge in [-0.05, 0) is 24.1 Å². The molecule has 5 amide bonds. The van der Waals surface area contributed by atoms with E-state index in [-0.39, 0.29) is 63.1 Å². The number of carboxylic acid groups (broad SMARTS) is 1. The van der Waals surface area contributed by atoms with Crippen LogP contribution in [0.15, 0.2) is 48.5 Å². The van der Waals surface area contributed by atoms with E-state index in [0.717, 1.165) is 5.56 Å². The second-order valence-electron chi connectivity index (χ2n) is 9.83. The number of nitrogens with one attached hydrogen (secondary N) is 2. The molecule has 0 spiro atoms. The standard InChI is InChI=1S/C29H32N4O8S2/c34-24-10-9-23(27(38)31-24)33-18-21-20(28(33)39)7-4-8-22(21)30-29(40)41-14-16-43-42-15-12-25(35)32(13-11-26(36)37)17-19-5-2-1-3-6-19/h1-8,23H,9-18H2,(H,30,40)(H,36,37)(H,31,34,38). The van der Waals surface area contributed by atoms with Crippen molar-refractivity contribution in [2.75, 3.05) is 30.0 Å². The van der Waals surface area contributed by atoms with Gasteiger partial charge >= 0.3 is 12.1 Å². The Hall–Kier alpha value is -4.04. The van der Waals surface area contributed by atoms with Crippen LogP contribution in [0.4, 0.5) is 10.5 Å². The normalized spacial score (nSPS) is 16.0. The average Bonchev–Trinajstić information content (AvgIpc) is 3.32. The molecule has 4 rings (SSSR count). The summed E-state index contributed by atoms with van der Waals surface area (Å²) in [5.74, 6) is -1.29. The van der Waals surface area contributed by atoms with E-state index >= 15 is 0 Å². The van der Waals surface area contributed by atoms with Crippen LogP contribution in [0.25, 0.3) is 0 Å². The fourth-order valence-electron chi connectivity index (χ4n) is 4.75. The minimum Gasteiger partial charge on any atom is -0.481 e. The molecule has 2 aliphatic heterocycles. The summed E-state index contributed by atoms with van der Waals surface area (Å²) in [7, 11) is 2.91. The number of hydrogen-bond acceptors (Lipinski definition) is 9. The SMILES string of the molecule is O=C(O)CCN(Cc1ccccc1)C(=O)CCSSCCOC(=O)Nc1cccc2c1CN(C1CCC(=O)NC1=O)C2=O. The number of benzene rings is 2. The third-order valence-electron chi connectivity index (χ3n) is 6.87. The number of anilines is 1. The van der Waals surface area contributed by atoms with Crippen molar-refractivity contribution in [1.82, 2.24) is 15.1 Å². The van der Waals surface area contributed by atoms with E-state index in [1.54, 1.807) is 23.1 Å². The Morgan fingerprint density at radius 3 is 2.53 bits per heavy atom. The third kappa shape index (κ3) is 8.97. The lowest BCUT2D eigenvalue weighted by molar-refractivity contribution is -0.139. The van der Waals surface area contributed by atoms with Gasteiger partial charge in [-0.3, -0.25) is 34.6 Å². The summed E-state index contributed by atoms with van der Waals surface area (Å²) in [6.45, 7) is 0.729. The molecule has 0 aliphatic carbocycles. The number of carbonyl (C=O) groups excluding carboxylic acids is 5. The Balaban J connectivity index is 1.16. The van der Waals surface area contributed by atoms with Crippen LogP contribution in [0.2, 0.25) is 0 Å². The van der Waals surface area contributed by atoms with Crippen molar-refractivity contribution < 1.29 is 38.6 Å². The minimum atomic E-state index is -0.959. The van der Waals surface area contributed by atoms with E-state index in [0.29, 0.717) is 34.9 Å². The van der Waals surface area contributed by atoms with Crippen molar-refractivity contribution in [1.29, 1.82) is 0 Å². The number of carboxylic acids is 1. The second-order valence-corrected chi connectivity index (χ2v) is 12.5. The number of hydrogen-bond donors (Lipinski definition) is 3. The van der Waals surface area contributed by atoms with Crippen molar-refractivity contribution in [2.24, 2.45) is 0 Å². The number of aliphatic carboxylic acids is 1. The minimum absolute atomic E-state index is 0.118. The highest BCUT2D eigenvalue weighted by Crippen LogP contribution is 2.32. The zero-order valence-corrected chi connectivity index (χ0v) is 24.9. The summed E-state index contributed by atoms with van der Waals surface area (Å²) < 4.78 is 5.28. The van der Waals surface area contributed by atoms with Gasteiger partial charge in [0.25, 0.3) is 5.91 Å². The number of piperidine rings is 1. The smallest absolute Gasteiger partial charge is 0.411 e. The van der Waals surface area contributed by atoms with Crippen LogP contribution in [-0.2, 0) is 37.0 Å². The monoisotopic (exact) mass is 628 g/mol. The maximum Gasteiger partial charge on any atom is 0.411 e. The zero-order chi connectivity index (χ0) is 30.8. The number of rotatable bonds is 14. The van der Waals surface area contributed by atoms with Crippen molar-refractivity contribution >= 4 is 63.0 Å². The molecular weight excluding hydrogens is 596 g/mol. The van der Waals surface area contributed by atoms with Crippen molar-refractivity contribution in [3.8, 4) is 0 Å². The molecule has 0 radical (unpaired) electrons. The molecule has 43 heavy (non-hydrogen) atoms. The summed E-state index contributed by atoms with van der Waals surface area (Å²) in [5.41, 5.74) is 2.30. The van der Waals surface area contributed by atoms with E-state index in [1.165, 1.54) is 26.5 Å². The molecule has 2 aliphatic rings. The molecular formula is C29H32N4O8S2. The molecule has 0 aromatic heterocycles. The van der Waals surface area contributed by atoms with Crippen LogP contribution in [0, 0.1) is 0 Å². The van der Waals surface area contributed by atoms with Crippen LogP contribution in [0.5, 0.6) is 0 Å². The molecule has 3 N–H and O–H groups in total. The Kier molecular flexibility index (Phi) is 11.4. The third-order valence-corrected chi connectivity index (χ3v) is 9.24. The summed E-state index contributed by atoms with van der Waals surface area (Å²) >= 11 is 0. The highest BCUT2D eigenvalue weighted by Gasteiger charge is 2.40. The van der Waals surface area contributed by atoms with Crippen LogP contribution < -0.4 is 10.6 Å². The largest absolute Gasteiger partial charge is 0.481 e. The van der Waals surface area contributed by atoms with Gasteiger partial charge in [0.15, 0.2) is 0 Å². The Bertz CT molecular complexity index is 1370. The lowest BCUT2D eigenvalue weighted by Gasteiger charge is -2.29. The molecule has 2 aromatic rings. The predicted octanol–water partition coefficient (Wildman–Crippen LogP) is 3.27. The quantitative estimate of drug-likeness (QED) is 0.161. The Morgan fingerprint density at radius 1 is 1.02 bits per heavy atom. The highest BCUT2D eigenvalue weighted by atomic mass is 33.1. The summed E-state index contributed by atoms with van der Waals surface area (Å²) in [5, 5.41) is 14.0. The number of ether oxygens (including phenoxy) is 1. The molecule has 12 nitrogen and oxygen atoms in total. The van der Waals surface area contributed by atoms with Crippen molar-refractivity contribution in [2.45, 2.75) is 44.8 Å². The van der Waals surface area contributed by atoms with E-state index in [9.17, 15) is 28.8 Å². The first kappa shape index (κ1) is 31.9. The first-order valence-corrected chi connectivity index (χ1v) is 16.2. The molecule has 2 aromatic carbocycles. The molecule has 14 heteroatoms. The first-order chi connectivity index (χ1) is 20.7. The van der Waals surface area contributed by atoms with Crippen LogP contribution in [0.1, 0.15) is 47.2 Å². The molecule has 1 unspecified atom stereocenters. The molecule has 1 fully saturated rings. The van der Waals surface area contributed by atoms with Gasteiger partial charge in [0.1, 0.15) is 12.6 Å². The number of amides is 5. The van der Waals surface area contributed by atoms with Crippen molar-refractivity contribution in [3.05, 3.63) is 65.2 Å². The zero-order valence-electron chi connectivity index (χ0n) is 23.3. The number of imide groups is 1. The van der Waals surface area contributed by atoms with Gasteiger partial charge in [0, 0.05) is 60.8 Å². The molecule has 228 valence electrons. The number of carbonyl (C=O) groups is 6. The van der Waals surface area contributed by atoms with Gasteiger partial charge in [-0.25, -0.2) is 4.79 Å². The summed E-state index contributed by atoms with van der Waals surface area (Å²) in [6.07, 6.45) is -0.161. The molecule has 0 bridgehead atoms. The lowest BCUT2D eigenvalue weighted by Crippen LogP contribution is -2.52. The van der Waals surface area contributed by atoms with Crippen LogP contribution in [0.3, 0.4) is 0 Å². The maximum absolute atomic E-state index is 12.9. The Labute approximate surface area is 256 Å². The van der Waals surface area contributed by atoms with Gasteiger partial charge in [-0.2, -0.15) is 0 Å². The summed E-state index contributed by atoms with van der Waals surface area (Å²) in [4.78, 5) is 75.9. The van der Waals surface area contributed by atoms with Crippen LogP contribution >= 0.6 is 21.6 Å². The maximum atomic E-state index is 12.9. The number of fused-ring (bicyclic) bond motifs is 1. The summed E-state index contributed by atoms with van der Waals surface area (Å²) in [6, 6.07) is 13.6. The highest BCUT2D eigenvalue weighted by molar-refractivity contribution is 8.76. The van der Waals surface area contributed by atoms with Gasteiger partial charge in [0.05, 0.1) is 6.42 Å². The molecule has 2 heterocycles. The van der Waals surface area contributed by atoms with Gasteiger partial charge in [-0.15, -0.1) is 0 Å². The van der Waals surface area contributed by atoms with Gasteiger partial charge in [-0.1, -0.05) is 58.0 Å². The van der Waals surface area contributed by atoms with Crippen LogP contribution in [-0.4, -0.2) is 81.3 Å². The molecule has 0 saturated carbocycles. The lowest BCUT2D eigenvalue weighted by atomic mass is 10.0. The predicted molar refractivity (Wildman–Crippen MR) is 161 cm³/mol. The van der Waals surface area contributed by atoms with E-state index < -0.39 is 24.0 Å². The Morgan fingerprint density at radius 2 is 1.79 bits per heavy atom. The fourth-order valence-corrected chi connectivity index (χ4v) is 6.55. The average molecular weight is 629 g/mol. The molecule has 1 saturated heterocycles. The van der Waals surface area contributed by atoms with E-state index in [2.05, 4.69) is 10.6 Å². The van der Waals surface area contributed by atoms with E-state index in [4.69, 9.17) is 9.84 Å². The molecule has 1 atom stereocenters. The van der Waals surface area contributed by atoms with Gasteiger partial charge < -0.3 is 19.6 Å². The van der Waals surface area contributed by atoms with Crippen molar-refractivity contribution in [3.63, 3.8) is 0 Å². The van der Waals surface area contributed by atoms with E-state index in [1.807, 2.05) is 30.3 Å². The number of nitrogens with zero attached hydrogens (tertiary/aromatic N) is 2. The first-order valence-electron chi connectivity index (χ1n) is 13.7. The fraction of sp³-hybridized carbons (Fsp3) is 0.379.